The molecule has 4 N–H and O–H groups in total. The van der Waals surface area contributed by atoms with E-state index in [-0.39, 0.29) is 35.4 Å². The Morgan fingerprint density at radius 3 is 2.55 bits per heavy atom. The van der Waals surface area contributed by atoms with Crippen molar-refractivity contribution in [2.45, 2.75) is 18.7 Å². The van der Waals surface area contributed by atoms with E-state index >= 15 is 0 Å². The molecule has 7 nitrogen and oxygen atoms in total. The molecule has 1 unspecified atom stereocenters. The molecule has 1 amide bonds. The first-order valence-corrected chi connectivity index (χ1v) is 10.1. The van der Waals surface area contributed by atoms with Crippen molar-refractivity contribution in [1.82, 2.24) is 20.3 Å². The van der Waals surface area contributed by atoms with Crippen LogP contribution < -0.4 is 16.4 Å². The molecule has 1 aromatic heterocycles. The van der Waals surface area contributed by atoms with Gasteiger partial charge in [0.05, 0.1) is 17.5 Å². The number of nitrogen functional groups attached to an aromatic ring is 1. The summed E-state index contributed by atoms with van der Waals surface area (Å²) in [5.41, 5.74) is 7.43. The van der Waals surface area contributed by atoms with Gasteiger partial charge < -0.3 is 16.4 Å². The van der Waals surface area contributed by atoms with Gasteiger partial charge in [-0.3, -0.25) is 4.79 Å². The maximum atomic E-state index is 13.0. The minimum Gasteiger partial charge on any atom is -0.368 e. The van der Waals surface area contributed by atoms with Gasteiger partial charge >= 0.3 is 0 Å². The lowest BCUT2D eigenvalue weighted by atomic mass is 10.1. The van der Waals surface area contributed by atoms with Crippen LogP contribution in [0.15, 0.2) is 54.6 Å². The van der Waals surface area contributed by atoms with E-state index < -0.39 is 0 Å². The topological polar surface area (TPSA) is 106 Å². The zero-order valence-electron chi connectivity index (χ0n) is 15.8. The highest BCUT2D eigenvalue weighted by atomic mass is 32.2. The normalized spacial score (nSPS) is 11.7. The van der Waals surface area contributed by atoms with Gasteiger partial charge in [-0.25, -0.2) is 4.39 Å². The first-order valence-electron chi connectivity index (χ1n) is 8.94. The third kappa shape index (κ3) is 6.42. The molecular weight excluding hydrogens is 391 g/mol. The number of aromatic nitrogens is 3. The molecule has 9 heteroatoms. The van der Waals surface area contributed by atoms with Crippen LogP contribution in [-0.4, -0.2) is 26.6 Å². The van der Waals surface area contributed by atoms with Crippen molar-refractivity contribution in [2.75, 3.05) is 16.8 Å². The highest BCUT2D eigenvalue weighted by molar-refractivity contribution is 7.99. The molecule has 0 spiro atoms. The summed E-state index contributed by atoms with van der Waals surface area (Å²) in [6, 6.07) is 15.5. The number of nitrogens with one attached hydrogen (secondary N) is 2. The number of nitrogens with zero attached hydrogens (tertiary/aromatic N) is 3. The van der Waals surface area contributed by atoms with Crippen molar-refractivity contribution in [3.05, 3.63) is 71.8 Å². The molecular formula is C20H21FN6OS. The zero-order valence-corrected chi connectivity index (χ0v) is 16.6. The van der Waals surface area contributed by atoms with Gasteiger partial charge in [-0.15, -0.1) is 11.8 Å². The van der Waals surface area contributed by atoms with Crippen LogP contribution in [0.5, 0.6) is 0 Å². The van der Waals surface area contributed by atoms with Crippen LogP contribution in [0.3, 0.4) is 0 Å². The van der Waals surface area contributed by atoms with Crippen LogP contribution in [-0.2, 0) is 10.5 Å². The van der Waals surface area contributed by atoms with Crippen LogP contribution in [0.2, 0.25) is 0 Å². The largest absolute Gasteiger partial charge is 0.368 e. The molecule has 0 bridgehead atoms. The number of anilines is 3. The molecule has 0 radical (unpaired) electrons. The van der Waals surface area contributed by atoms with Crippen molar-refractivity contribution in [3.8, 4) is 0 Å². The molecule has 0 fully saturated rings. The second-order valence-electron chi connectivity index (χ2n) is 6.26. The lowest BCUT2D eigenvalue weighted by Crippen LogP contribution is -2.28. The Hall–Kier alpha value is -3.20. The number of rotatable bonds is 8. The predicted octanol–water partition coefficient (Wildman–Crippen LogP) is 3.45. The molecule has 3 rings (SSSR count). The second-order valence-corrected chi connectivity index (χ2v) is 7.24. The van der Waals surface area contributed by atoms with E-state index in [2.05, 4.69) is 25.6 Å². The standard InChI is InChI=1S/C20H21FN6OS/c1-13(14-5-3-2-4-6-14)23-18(28)12-29-11-17-25-19(22)27-20(26-17)24-16-9-7-15(21)8-10-16/h2-10,13H,11-12H2,1H3,(H,23,28)(H3,22,24,25,26,27). The van der Waals surface area contributed by atoms with Gasteiger partial charge in [-0.05, 0) is 36.8 Å². The molecule has 29 heavy (non-hydrogen) atoms. The Morgan fingerprint density at radius 1 is 1.10 bits per heavy atom. The molecule has 1 atom stereocenters. The van der Waals surface area contributed by atoms with Crippen molar-refractivity contribution < 1.29 is 9.18 Å². The Bertz CT molecular complexity index is 955. The molecule has 2 aromatic carbocycles. The summed E-state index contributed by atoms with van der Waals surface area (Å²) >= 11 is 1.38. The lowest BCUT2D eigenvalue weighted by molar-refractivity contribution is -0.119. The SMILES string of the molecule is CC(NC(=O)CSCc1nc(N)nc(Nc2ccc(F)cc2)n1)c1ccccc1. The minimum absolute atomic E-state index is 0.0661. The highest BCUT2D eigenvalue weighted by Crippen LogP contribution is 2.17. The van der Waals surface area contributed by atoms with Crippen LogP contribution in [0, 0.1) is 5.82 Å². The van der Waals surface area contributed by atoms with Gasteiger partial charge in [0.1, 0.15) is 11.6 Å². The molecule has 3 aromatic rings. The number of benzene rings is 2. The van der Waals surface area contributed by atoms with Gasteiger partial charge in [0.2, 0.25) is 17.8 Å². The number of nitrogens with two attached hydrogens (primary N) is 1. The maximum absolute atomic E-state index is 13.0. The van der Waals surface area contributed by atoms with Gasteiger partial charge in [0.15, 0.2) is 0 Å². The number of hydrogen-bond donors (Lipinski definition) is 3. The summed E-state index contributed by atoms with van der Waals surface area (Å²) in [6.45, 7) is 1.94. The molecule has 0 saturated heterocycles. The fourth-order valence-corrected chi connectivity index (χ4v) is 3.25. The van der Waals surface area contributed by atoms with Gasteiger partial charge in [-0.1, -0.05) is 30.3 Å². The quantitative estimate of drug-likeness (QED) is 0.520. The number of carbonyl (C=O) groups excluding carboxylic acids is 1. The Morgan fingerprint density at radius 2 is 1.83 bits per heavy atom. The number of halogens is 1. The fourth-order valence-electron chi connectivity index (χ4n) is 2.56. The van der Waals surface area contributed by atoms with Crippen LogP contribution in [0.25, 0.3) is 0 Å². The van der Waals surface area contributed by atoms with Crippen molar-refractivity contribution in [2.24, 2.45) is 0 Å². The molecule has 0 saturated carbocycles. The van der Waals surface area contributed by atoms with E-state index in [9.17, 15) is 9.18 Å². The zero-order chi connectivity index (χ0) is 20.6. The fraction of sp³-hybridized carbons (Fsp3) is 0.200. The van der Waals surface area contributed by atoms with E-state index in [1.165, 1.54) is 23.9 Å². The average molecular weight is 412 g/mol. The van der Waals surface area contributed by atoms with E-state index in [1.54, 1.807) is 12.1 Å². The van der Waals surface area contributed by atoms with E-state index in [0.717, 1.165) is 5.56 Å². The lowest BCUT2D eigenvalue weighted by Gasteiger charge is -2.14. The summed E-state index contributed by atoms with van der Waals surface area (Å²) in [5, 5.41) is 5.92. The molecule has 150 valence electrons. The molecule has 0 aliphatic heterocycles. The van der Waals surface area contributed by atoms with Crippen LogP contribution in [0.1, 0.15) is 24.4 Å². The Balaban J connectivity index is 1.51. The van der Waals surface area contributed by atoms with Crippen LogP contribution >= 0.6 is 11.8 Å². The average Bonchev–Trinajstić information content (AvgIpc) is 2.70. The summed E-state index contributed by atoms with van der Waals surface area (Å²) < 4.78 is 13.0. The van der Waals surface area contributed by atoms with E-state index in [4.69, 9.17) is 5.73 Å². The predicted molar refractivity (Wildman–Crippen MR) is 113 cm³/mol. The van der Waals surface area contributed by atoms with Crippen molar-refractivity contribution in [1.29, 1.82) is 0 Å². The smallest absolute Gasteiger partial charge is 0.232 e. The maximum Gasteiger partial charge on any atom is 0.232 e. The number of thioether (sulfide) groups is 1. The monoisotopic (exact) mass is 412 g/mol. The first kappa shape index (κ1) is 20.5. The summed E-state index contributed by atoms with van der Waals surface area (Å²) in [4.78, 5) is 24.6. The first-order chi connectivity index (χ1) is 14.0. The van der Waals surface area contributed by atoms with E-state index in [1.807, 2.05) is 37.3 Å². The second kappa shape index (κ2) is 9.83. The van der Waals surface area contributed by atoms with Crippen LogP contribution in [0.4, 0.5) is 22.0 Å². The van der Waals surface area contributed by atoms with E-state index in [0.29, 0.717) is 17.3 Å². The van der Waals surface area contributed by atoms with Gasteiger partial charge in [0, 0.05) is 5.69 Å². The number of hydrogen-bond acceptors (Lipinski definition) is 7. The number of carbonyl (C=O) groups is 1. The summed E-state index contributed by atoms with van der Waals surface area (Å²) in [7, 11) is 0. The third-order valence-electron chi connectivity index (χ3n) is 3.94. The number of amides is 1. The summed E-state index contributed by atoms with van der Waals surface area (Å²) in [6.07, 6.45) is 0. The van der Waals surface area contributed by atoms with Gasteiger partial charge in [-0.2, -0.15) is 15.0 Å². The molecule has 0 aliphatic rings. The minimum atomic E-state index is -0.331. The Labute approximate surface area is 172 Å². The third-order valence-corrected chi connectivity index (χ3v) is 4.87. The van der Waals surface area contributed by atoms with Gasteiger partial charge in [0.25, 0.3) is 0 Å². The van der Waals surface area contributed by atoms with Crippen molar-refractivity contribution >= 4 is 35.3 Å². The highest BCUT2D eigenvalue weighted by Gasteiger charge is 2.11. The Kier molecular flexibility index (Phi) is 6.96. The summed E-state index contributed by atoms with van der Waals surface area (Å²) in [5.74, 6) is 1.06. The van der Waals surface area contributed by atoms with Crippen molar-refractivity contribution in [3.63, 3.8) is 0 Å². The molecule has 1 heterocycles. The molecule has 0 aliphatic carbocycles.